The van der Waals surface area contributed by atoms with E-state index in [1.807, 2.05) is 24.3 Å². The van der Waals surface area contributed by atoms with E-state index in [1.54, 1.807) is 0 Å². The van der Waals surface area contributed by atoms with Crippen LogP contribution in [0.5, 0.6) is 0 Å². The highest BCUT2D eigenvalue weighted by molar-refractivity contribution is 5.86. The van der Waals surface area contributed by atoms with Gasteiger partial charge in [0.05, 0.1) is 30.0 Å². The molecule has 2 fully saturated rings. The Morgan fingerprint density at radius 1 is 0.951 bits per heavy atom. The molecule has 1 heterocycles. The number of carbonyl (C=O) groups excluding carboxylic acids is 3. The molecule has 1 aromatic carbocycles. The highest BCUT2D eigenvalue weighted by atomic mass is 16.5. The van der Waals surface area contributed by atoms with Gasteiger partial charge in [-0.05, 0) is 62.8 Å². The fourth-order valence-corrected chi connectivity index (χ4v) is 6.90. The smallest absolute Gasteiger partial charge is 0.309 e. The zero-order valence-corrected chi connectivity index (χ0v) is 24.7. The standard InChI is InChI=1S/C34H50N2O5/c37-25-34(19-11-12-20-34)36-31(38)23-28-17-9-1-2-10-18-29(21-26-13-5-3-6-14-26)33(40)41-24-30(35-32(28)39)22-27-15-7-4-8-16-27/h1,3,5-6,9,13-14,27-30,37H,2,4,7-8,10-12,15-25H2,(H,35,39)(H,36,38). The number of rotatable bonds is 8. The van der Waals surface area contributed by atoms with Crippen LogP contribution in [-0.4, -0.2) is 47.7 Å². The van der Waals surface area contributed by atoms with E-state index in [1.165, 1.54) is 19.3 Å². The molecule has 1 aromatic rings. The van der Waals surface area contributed by atoms with Crippen molar-refractivity contribution >= 4 is 17.8 Å². The molecule has 3 atom stereocenters. The predicted molar refractivity (Wildman–Crippen MR) is 160 cm³/mol. The molecule has 0 saturated heterocycles. The molecular weight excluding hydrogens is 516 g/mol. The zero-order chi connectivity index (χ0) is 28.9. The molecule has 0 spiro atoms. The first-order valence-electron chi connectivity index (χ1n) is 16.0. The van der Waals surface area contributed by atoms with Crippen LogP contribution in [0.3, 0.4) is 0 Å². The largest absolute Gasteiger partial charge is 0.463 e. The summed E-state index contributed by atoms with van der Waals surface area (Å²) < 4.78 is 5.93. The van der Waals surface area contributed by atoms with Gasteiger partial charge in [-0.3, -0.25) is 14.4 Å². The molecule has 3 unspecified atom stereocenters. The molecule has 226 valence electrons. The second-order valence-corrected chi connectivity index (χ2v) is 12.7. The SMILES string of the molecule is O=C(CC1CC=CCCCC(Cc2ccccc2)C(=O)OCC(CC2CCCCC2)NC1=O)NC1(CO)CCCC1. The van der Waals surface area contributed by atoms with Gasteiger partial charge >= 0.3 is 5.97 Å². The van der Waals surface area contributed by atoms with Crippen LogP contribution < -0.4 is 10.6 Å². The second-order valence-electron chi connectivity index (χ2n) is 12.7. The fraction of sp³-hybridized carbons (Fsp3) is 0.676. The Hall–Kier alpha value is -2.67. The van der Waals surface area contributed by atoms with E-state index in [9.17, 15) is 19.5 Å². The van der Waals surface area contributed by atoms with Crippen LogP contribution in [0.15, 0.2) is 42.5 Å². The van der Waals surface area contributed by atoms with Gasteiger partial charge in [-0.1, -0.05) is 87.4 Å². The Kier molecular flexibility index (Phi) is 12.3. The molecule has 7 nitrogen and oxygen atoms in total. The van der Waals surface area contributed by atoms with Crippen molar-refractivity contribution in [2.45, 2.75) is 114 Å². The second kappa shape index (κ2) is 16.1. The van der Waals surface area contributed by atoms with E-state index >= 15 is 0 Å². The molecule has 1 aliphatic heterocycles. The molecule has 0 radical (unpaired) electrons. The van der Waals surface area contributed by atoms with E-state index in [0.717, 1.165) is 69.8 Å². The lowest BCUT2D eigenvalue weighted by Crippen LogP contribution is -2.50. The van der Waals surface area contributed by atoms with Crippen LogP contribution in [0.25, 0.3) is 0 Å². The van der Waals surface area contributed by atoms with Crippen molar-refractivity contribution in [2.75, 3.05) is 13.2 Å². The maximum Gasteiger partial charge on any atom is 0.309 e. The highest BCUT2D eigenvalue weighted by Gasteiger charge is 2.36. The Bertz CT molecular complexity index is 998. The Balaban J connectivity index is 1.46. The number of esters is 1. The van der Waals surface area contributed by atoms with E-state index in [2.05, 4.69) is 28.8 Å². The summed E-state index contributed by atoms with van der Waals surface area (Å²) in [5.74, 6) is -0.772. The average molecular weight is 567 g/mol. The minimum absolute atomic E-state index is 0.0738. The van der Waals surface area contributed by atoms with Gasteiger partial charge < -0.3 is 20.5 Å². The molecular formula is C34H50N2O5. The van der Waals surface area contributed by atoms with Crippen LogP contribution in [0.2, 0.25) is 0 Å². The number of ether oxygens (including phenoxy) is 1. The molecule has 2 saturated carbocycles. The van der Waals surface area contributed by atoms with E-state index in [-0.39, 0.29) is 49.4 Å². The summed E-state index contributed by atoms with van der Waals surface area (Å²) in [5, 5.41) is 16.2. The molecule has 4 rings (SSSR count). The van der Waals surface area contributed by atoms with Gasteiger partial charge in [0.15, 0.2) is 0 Å². The first-order valence-corrected chi connectivity index (χ1v) is 16.0. The van der Waals surface area contributed by atoms with E-state index < -0.39 is 11.5 Å². The third kappa shape index (κ3) is 9.98. The first-order chi connectivity index (χ1) is 20.0. The summed E-state index contributed by atoms with van der Waals surface area (Å²) in [5.41, 5.74) is 0.568. The van der Waals surface area contributed by atoms with Crippen molar-refractivity contribution in [1.82, 2.24) is 10.6 Å². The number of cyclic esters (lactones) is 1. The third-order valence-electron chi connectivity index (χ3n) is 9.36. The van der Waals surface area contributed by atoms with Crippen LogP contribution in [0, 0.1) is 17.8 Å². The number of benzene rings is 1. The molecule has 0 bridgehead atoms. The first kappa shape index (κ1) is 31.3. The summed E-state index contributed by atoms with van der Waals surface area (Å²) in [4.78, 5) is 40.0. The average Bonchev–Trinajstić information content (AvgIpc) is 3.45. The lowest BCUT2D eigenvalue weighted by atomic mass is 9.84. The Labute approximate surface area is 245 Å². The summed E-state index contributed by atoms with van der Waals surface area (Å²) >= 11 is 0. The monoisotopic (exact) mass is 566 g/mol. The number of nitrogens with one attached hydrogen (secondary N) is 2. The summed E-state index contributed by atoms with van der Waals surface area (Å²) in [7, 11) is 0. The van der Waals surface area contributed by atoms with Crippen molar-refractivity contribution in [1.29, 1.82) is 0 Å². The molecule has 41 heavy (non-hydrogen) atoms. The van der Waals surface area contributed by atoms with E-state index in [4.69, 9.17) is 4.74 Å². The third-order valence-corrected chi connectivity index (χ3v) is 9.36. The minimum atomic E-state index is -0.557. The quantitative estimate of drug-likeness (QED) is 0.289. The van der Waals surface area contributed by atoms with E-state index in [0.29, 0.717) is 18.8 Å². The van der Waals surface area contributed by atoms with Gasteiger partial charge in [0.2, 0.25) is 11.8 Å². The number of aliphatic hydroxyl groups excluding tert-OH is 1. The Morgan fingerprint density at radius 3 is 2.44 bits per heavy atom. The fourth-order valence-electron chi connectivity index (χ4n) is 6.90. The van der Waals surface area contributed by atoms with Crippen molar-refractivity contribution in [3.8, 4) is 0 Å². The normalized spacial score (nSPS) is 26.5. The van der Waals surface area contributed by atoms with Gasteiger partial charge in [0.25, 0.3) is 0 Å². The Morgan fingerprint density at radius 2 is 1.71 bits per heavy atom. The van der Waals surface area contributed by atoms with Gasteiger partial charge in [-0.15, -0.1) is 0 Å². The van der Waals surface area contributed by atoms with Crippen LogP contribution in [-0.2, 0) is 25.5 Å². The summed E-state index contributed by atoms with van der Waals surface area (Å²) in [6.45, 7) is 0.0876. The molecule has 2 aliphatic carbocycles. The van der Waals surface area contributed by atoms with Crippen LogP contribution in [0.4, 0.5) is 0 Å². The minimum Gasteiger partial charge on any atom is -0.463 e. The van der Waals surface area contributed by atoms with Crippen LogP contribution >= 0.6 is 0 Å². The number of hydrogen-bond acceptors (Lipinski definition) is 5. The number of aliphatic hydroxyl groups is 1. The van der Waals surface area contributed by atoms with Crippen LogP contribution in [0.1, 0.15) is 102 Å². The molecule has 2 amide bonds. The zero-order valence-electron chi connectivity index (χ0n) is 24.7. The van der Waals surface area contributed by atoms with Gasteiger partial charge in [0, 0.05) is 6.42 Å². The lowest BCUT2D eigenvalue weighted by molar-refractivity contribution is -0.150. The summed E-state index contributed by atoms with van der Waals surface area (Å²) in [6, 6.07) is 9.80. The van der Waals surface area contributed by atoms with Gasteiger partial charge in [-0.25, -0.2) is 0 Å². The molecule has 0 aromatic heterocycles. The maximum atomic E-state index is 13.6. The molecule has 3 N–H and O–H groups in total. The van der Waals surface area contributed by atoms with Crippen molar-refractivity contribution in [3.63, 3.8) is 0 Å². The van der Waals surface area contributed by atoms with Crippen molar-refractivity contribution < 1.29 is 24.2 Å². The number of amides is 2. The maximum absolute atomic E-state index is 13.6. The lowest BCUT2D eigenvalue weighted by Gasteiger charge is -2.30. The van der Waals surface area contributed by atoms with Gasteiger partial charge in [-0.2, -0.15) is 0 Å². The summed E-state index contributed by atoms with van der Waals surface area (Å²) in [6.07, 6.45) is 17.9. The van der Waals surface area contributed by atoms with Gasteiger partial charge in [0.1, 0.15) is 6.61 Å². The predicted octanol–water partition coefficient (Wildman–Crippen LogP) is 5.40. The van der Waals surface area contributed by atoms with Crippen molar-refractivity contribution in [2.24, 2.45) is 17.8 Å². The number of allylic oxidation sites excluding steroid dienone is 2. The number of carbonyl (C=O) groups is 3. The highest BCUT2D eigenvalue weighted by Crippen LogP contribution is 2.30. The van der Waals surface area contributed by atoms with Crippen molar-refractivity contribution in [3.05, 3.63) is 48.0 Å². The topological polar surface area (TPSA) is 105 Å². The molecule has 3 aliphatic rings. The molecule has 7 heteroatoms. The number of hydrogen-bond donors (Lipinski definition) is 3.